The highest BCUT2D eigenvalue weighted by Gasteiger charge is 2.54. The van der Waals surface area contributed by atoms with Gasteiger partial charge in [0.05, 0.1) is 0 Å². The molecule has 1 saturated heterocycles. The van der Waals surface area contributed by atoms with E-state index in [1.165, 1.54) is 0 Å². The largest absolute Gasteiger partial charge is 0.484 e. The van der Waals surface area contributed by atoms with Gasteiger partial charge < -0.3 is 15.2 Å². The molecule has 24 heavy (non-hydrogen) atoms. The minimum atomic E-state index is -1.36. The zero-order chi connectivity index (χ0) is 17.3. The fourth-order valence-corrected chi connectivity index (χ4v) is 3.41. The van der Waals surface area contributed by atoms with Gasteiger partial charge in [0, 0.05) is 6.08 Å². The van der Waals surface area contributed by atoms with Crippen LogP contribution in [0.5, 0.6) is 5.75 Å². The van der Waals surface area contributed by atoms with E-state index in [1.54, 1.807) is 30.3 Å². The van der Waals surface area contributed by atoms with Gasteiger partial charge in [-0.1, -0.05) is 30.0 Å². The summed E-state index contributed by atoms with van der Waals surface area (Å²) < 4.78 is 5.27. The molecular formula is C15H12N2O6S. The molecule has 124 valence electrons. The van der Waals surface area contributed by atoms with Crippen LogP contribution in [0.2, 0.25) is 0 Å². The van der Waals surface area contributed by atoms with Crippen LogP contribution in [-0.2, 0) is 19.2 Å². The second kappa shape index (κ2) is 6.36. The third-order valence-electron chi connectivity index (χ3n) is 3.44. The van der Waals surface area contributed by atoms with Crippen LogP contribution in [0, 0.1) is 0 Å². The number of fused-ring (bicyclic) bond motifs is 1. The van der Waals surface area contributed by atoms with Gasteiger partial charge in [-0.3, -0.25) is 19.3 Å². The molecule has 3 rings (SSSR count). The molecule has 2 aliphatic heterocycles. The molecular weight excluding hydrogens is 336 g/mol. The zero-order valence-electron chi connectivity index (χ0n) is 12.2. The summed E-state index contributed by atoms with van der Waals surface area (Å²) in [5, 5.41) is 10.3. The standard InChI is InChI=1S/C15H12N2O6S/c18-10(7-23-8-4-2-1-3-5-8)16-12-13(20)17-9(15(21)22)6-11(19)24-14(12)17/h1-6,12,14H,7H2,(H,16,18)(H,21,22)/t12-,14-/m1/s1. The third kappa shape index (κ3) is 2.98. The van der Waals surface area contributed by atoms with Crippen molar-refractivity contribution < 1.29 is 29.0 Å². The molecule has 2 aliphatic rings. The number of carbonyl (C=O) groups is 4. The van der Waals surface area contributed by atoms with Gasteiger partial charge >= 0.3 is 5.97 Å². The average molecular weight is 348 g/mol. The number of aliphatic carboxylic acids is 1. The summed E-state index contributed by atoms with van der Waals surface area (Å²) in [6.45, 7) is -0.291. The van der Waals surface area contributed by atoms with E-state index < -0.39 is 34.3 Å². The summed E-state index contributed by atoms with van der Waals surface area (Å²) in [7, 11) is 0. The predicted molar refractivity (Wildman–Crippen MR) is 82.8 cm³/mol. The van der Waals surface area contributed by atoms with E-state index in [4.69, 9.17) is 9.84 Å². The Labute approximate surface area is 140 Å². The SMILES string of the molecule is O=C(COc1ccccc1)N[C@@H]1C(=O)N2C(C(=O)O)=CC(=O)S[C@H]12. The monoisotopic (exact) mass is 348 g/mol. The number of ether oxygens (including phenoxy) is 1. The lowest BCUT2D eigenvalue weighted by Crippen LogP contribution is -2.70. The van der Waals surface area contributed by atoms with Crippen LogP contribution in [0.25, 0.3) is 0 Å². The Morgan fingerprint density at radius 3 is 2.62 bits per heavy atom. The smallest absolute Gasteiger partial charge is 0.352 e. The van der Waals surface area contributed by atoms with Gasteiger partial charge in [-0.25, -0.2) is 4.79 Å². The van der Waals surface area contributed by atoms with Crippen molar-refractivity contribution in [3.05, 3.63) is 42.1 Å². The van der Waals surface area contributed by atoms with Crippen molar-refractivity contribution in [2.24, 2.45) is 0 Å². The number of carboxylic acids is 1. The number of β-lactam (4-membered cyclic amide) rings is 1. The number of carbonyl (C=O) groups excluding carboxylic acids is 3. The van der Waals surface area contributed by atoms with Crippen LogP contribution >= 0.6 is 11.8 Å². The maximum Gasteiger partial charge on any atom is 0.352 e. The second-order valence-electron chi connectivity index (χ2n) is 5.02. The predicted octanol–water partition coefficient (Wildman–Crippen LogP) is -0.0396. The molecule has 0 bridgehead atoms. The Kier molecular flexibility index (Phi) is 4.26. The number of para-hydroxylation sites is 1. The van der Waals surface area contributed by atoms with Crippen molar-refractivity contribution in [2.45, 2.75) is 11.4 Å². The Morgan fingerprint density at radius 2 is 1.96 bits per heavy atom. The van der Waals surface area contributed by atoms with Crippen molar-refractivity contribution in [1.29, 1.82) is 0 Å². The summed E-state index contributed by atoms with van der Waals surface area (Å²) >= 11 is 0.797. The number of rotatable bonds is 5. The molecule has 9 heteroatoms. The molecule has 1 aromatic carbocycles. The van der Waals surface area contributed by atoms with E-state index in [9.17, 15) is 19.2 Å². The van der Waals surface area contributed by atoms with E-state index in [0.29, 0.717) is 5.75 Å². The highest BCUT2D eigenvalue weighted by Crippen LogP contribution is 2.38. The number of hydrogen-bond donors (Lipinski definition) is 2. The van der Waals surface area contributed by atoms with Crippen molar-refractivity contribution in [1.82, 2.24) is 10.2 Å². The quantitative estimate of drug-likeness (QED) is 0.718. The summed E-state index contributed by atoms with van der Waals surface area (Å²) in [5.74, 6) is -1.95. The number of nitrogens with one attached hydrogen (secondary N) is 1. The van der Waals surface area contributed by atoms with Gasteiger partial charge in [-0.2, -0.15) is 0 Å². The normalized spacial score (nSPS) is 22.2. The first-order valence-corrected chi connectivity index (χ1v) is 7.81. The van der Waals surface area contributed by atoms with E-state index in [-0.39, 0.29) is 12.3 Å². The molecule has 0 saturated carbocycles. The first-order chi connectivity index (χ1) is 11.5. The van der Waals surface area contributed by atoms with Gasteiger partial charge in [0.1, 0.15) is 22.9 Å². The molecule has 0 aromatic heterocycles. The van der Waals surface area contributed by atoms with Crippen LogP contribution in [-0.4, -0.2) is 50.9 Å². The fraction of sp³-hybridized carbons (Fsp3) is 0.200. The number of carboxylic acid groups (broad SMARTS) is 1. The Morgan fingerprint density at radius 1 is 1.25 bits per heavy atom. The molecule has 1 fully saturated rings. The summed E-state index contributed by atoms with van der Waals surface area (Å²) in [5.41, 5.74) is -0.375. The maximum absolute atomic E-state index is 12.1. The topological polar surface area (TPSA) is 113 Å². The van der Waals surface area contributed by atoms with Crippen LogP contribution in [0.3, 0.4) is 0 Å². The molecule has 8 nitrogen and oxygen atoms in total. The number of hydrogen-bond acceptors (Lipinski definition) is 6. The van der Waals surface area contributed by atoms with E-state index >= 15 is 0 Å². The molecule has 1 aromatic rings. The van der Waals surface area contributed by atoms with Gasteiger partial charge in [-0.05, 0) is 12.1 Å². The number of amides is 2. The molecule has 0 radical (unpaired) electrons. The van der Waals surface area contributed by atoms with Crippen molar-refractivity contribution in [2.75, 3.05) is 6.61 Å². The highest BCUT2D eigenvalue weighted by molar-refractivity contribution is 8.14. The number of thioether (sulfide) groups is 1. The van der Waals surface area contributed by atoms with Gasteiger partial charge in [-0.15, -0.1) is 0 Å². The van der Waals surface area contributed by atoms with Crippen molar-refractivity contribution in [3.63, 3.8) is 0 Å². The van der Waals surface area contributed by atoms with Crippen LogP contribution in [0.15, 0.2) is 42.1 Å². The molecule has 2 heterocycles. The first-order valence-electron chi connectivity index (χ1n) is 6.93. The second-order valence-corrected chi connectivity index (χ2v) is 6.14. The van der Waals surface area contributed by atoms with E-state index in [1.807, 2.05) is 0 Å². The van der Waals surface area contributed by atoms with Crippen LogP contribution < -0.4 is 10.1 Å². The molecule has 0 spiro atoms. The summed E-state index contributed by atoms with van der Waals surface area (Å²) in [6, 6.07) is 7.73. The number of nitrogens with zero attached hydrogens (tertiary/aromatic N) is 1. The lowest BCUT2D eigenvalue weighted by molar-refractivity contribution is -0.151. The lowest BCUT2D eigenvalue weighted by Gasteiger charge is -2.47. The summed E-state index contributed by atoms with van der Waals surface area (Å²) in [4.78, 5) is 47.6. The minimum Gasteiger partial charge on any atom is -0.484 e. The van der Waals surface area contributed by atoms with Crippen LogP contribution in [0.1, 0.15) is 0 Å². The van der Waals surface area contributed by atoms with E-state index in [2.05, 4.69) is 5.32 Å². The van der Waals surface area contributed by atoms with Crippen LogP contribution in [0.4, 0.5) is 0 Å². The van der Waals surface area contributed by atoms with Gasteiger partial charge in [0.15, 0.2) is 6.61 Å². The Hall–Kier alpha value is -2.81. The van der Waals surface area contributed by atoms with Crippen molar-refractivity contribution >= 4 is 34.7 Å². The molecule has 2 amide bonds. The third-order valence-corrected chi connectivity index (χ3v) is 4.52. The molecule has 0 unspecified atom stereocenters. The highest BCUT2D eigenvalue weighted by atomic mass is 32.2. The molecule has 2 N–H and O–H groups in total. The first kappa shape index (κ1) is 16.1. The Bertz CT molecular complexity index is 748. The minimum absolute atomic E-state index is 0.291. The lowest BCUT2D eigenvalue weighted by atomic mass is 10.1. The summed E-state index contributed by atoms with van der Waals surface area (Å²) in [6.07, 6.45) is 0.901. The number of benzene rings is 1. The molecule has 2 atom stereocenters. The Balaban J connectivity index is 1.60. The molecule has 0 aliphatic carbocycles. The van der Waals surface area contributed by atoms with Crippen molar-refractivity contribution in [3.8, 4) is 5.75 Å². The van der Waals surface area contributed by atoms with Gasteiger partial charge in [0.2, 0.25) is 5.12 Å². The fourth-order valence-electron chi connectivity index (χ4n) is 2.35. The zero-order valence-corrected chi connectivity index (χ0v) is 13.0. The maximum atomic E-state index is 12.1. The van der Waals surface area contributed by atoms with Gasteiger partial charge in [0.25, 0.3) is 11.8 Å². The van der Waals surface area contributed by atoms with E-state index in [0.717, 1.165) is 22.7 Å². The average Bonchev–Trinajstić information content (AvgIpc) is 2.57.